The van der Waals surface area contributed by atoms with Gasteiger partial charge >= 0.3 is 5.97 Å². The van der Waals surface area contributed by atoms with Crippen molar-refractivity contribution < 1.29 is 28.6 Å². The number of aromatic nitrogens is 1. The first kappa shape index (κ1) is 30.6. The van der Waals surface area contributed by atoms with E-state index in [4.69, 9.17) is 37.8 Å². The maximum atomic E-state index is 15.7. The number of hydrogen-bond donors (Lipinski definition) is 2. The second kappa shape index (κ2) is 13.9. The number of anilines is 1. The van der Waals surface area contributed by atoms with E-state index in [-0.39, 0.29) is 43.1 Å². The number of amides is 1. The Balaban J connectivity index is 1.90. The van der Waals surface area contributed by atoms with Crippen molar-refractivity contribution in [1.82, 2.24) is 4.98 Å². The summed E-state index contributed by atoms with van der Waals surface area (Å²) in [6, 6.07) is 7.79. The highest BCUT2D eigenvalue weighted by Crippen LogP contribution is 2.41. The minimum atomic E-state index is -1.12. The highest BCUT2D eigenvalue weighted by Gasteiger charge is 2.24. The van der Waals surface area contributed by atoms with Gasteiger partial charge in [0.25, 0.3) is 5.91 Å². The lowest BCUT2D eigenvalue weighted by atomic mass is 9.99. The SMILES string of the molecule is CCCCCC(OC)c1cccc(-c2nc(NC(=O)c3cc(Cl)c(/C=C(\C)C(=O)O)c(Cl)c3)sc2OC)c1F. The largest absolute Gasteiger partial charge is 0.486 e. The fourth-order valence-electron chi connectivity index (χ4n) is 3.93. The van der Waals surface area contributed by atoms with Crippen LogP contribution in [-0.2, 0) is 9.53 Å². The van der Waals surface area contributed by atoms with Crippen LogP contribution in [-0.4, -0.2) is 36.2 Å². The quantitative estimate of drug-likeness (QED) is 0.162. The van der Waals surface area contributed by atoms with E-state index < -0.39 is 23.8 Å². The molecule has 0 bridgehead atoms. The molecule has 1 aromatic heterocycles. The van der Waals surface area contributed by atoms with Crippen LogP contribution in [0.4, 0.5) is 9.52 Å². The number of nitrogens with zero attached hydrogens (tertiary/aromatic N) is 1. The molecule has 1 amide bonds. The van der Waals surface area contributed by atoms with Crippen molar-refractivity contribution in [1.29, 1.82) is 0 Å². The molecule has 11 heteroatoms. The smallest absolute Gasteiger partial charge is 0.331 e. The molecule has 0 saturated heterocycles. The third kappa shape index (κ3) is 7.36. The Morgan fingerprint density at radius 3 is 2.49 bits per heavy atom. The second-order valence-corrected chi connectivity index (χ2v) is 10.5. The lowest BCUT2D eigenvalue weighted by Gasteiger charge is -2.17. The Morgan fingerprint density at radius 2 is 1.90 bits per heavy atom. The number of ether oxygens (including phenoxy) is 2. The number of halogens is 3. The van der Waals surface area contributed by atoms with E-state index in [2.05, 4.69) is 17.2 Å². The molecule has 1 heterocycles. The summed E-state index contributed by atoms with van der Waals surface area (Å²) in [6.07, 6.45) is 4.62. The Bertz CT molecular complexity index is 1370. The van der Waals surface area contributed by atoms with Crippen molar-refractivity contribution in [2.24, 2.45) is 0 Å². The molecule has 2 N–H and O–H groups in total. The van der Waals surface area contributed by atoms with Gasteiger partial charge in [-0.3, -0.25) is 10.1 Å². The molecule has 2 aromatic carbocycles. The molecule has 1 unspecified atom stereocenters. The number of unbranched alkanes of at least 4 members (excludes halogenated alkanes) is 2. The molecular weight excluding hydrogens is 566 g/mol. The Kier molecular flexibility index (Phi) is 10.9. The van der Waals surface area contributed by atoms with E-state index in [9.17, 15) is 9.59 Å². The molecule has 0 aliphatic heterocycles. The molecule has 0 radical (unpaired) electrons. The lowest BCUT2D eigenvalue weighted by molar-refractivity contribution is -0.132. The van der Waals surface area contributed by atoms with Crippen molar-refractivity contribution >= 4 is 57.6 Å². The molecule has 0 saturated carbocycles. The number of benzene rings is 2. The van der Waals surface area contributed by atoms with Crippen molar-refractivity contribution in [2.75, 3.05) is 19.5 Å². The highest BCUT2D eigenvalue weighted by molar-refractivity contribution is 7.18. The van der Waals surface area contributed by atoms with E-state index in [0.29, 0.717) is 17.0 Å². The third-order valence-corrected chi connectivity index (χ3v) is 7.58. The van der Waals surface area contributed by atoms with Crippen LogP contribution in [0.15, 0.2) is 35.9 Å². The van der Waals surface area contributed by atoms with E-state index in [0.717, 1.165) is 30.6 Å². The number of hydrogen-bond acceptors (Lipinski definition) is 6. The van der Waals surface area contributed by atoms with Gasteiger partial charge in [-0.1, -0.05) is 72.9 Å². The Morgan fingerprint density at radius 1 is 1.21 bits per heavy atom. The van der Waals surface area contributed by atoms with Crippen LogP contribution in [0, 0.1) is 5.82 Å². The summed E-state index contributed by atoms with van der Waals surface area (Å²) >= 11 is 13.6. The molecule has 39 heavy (non-hydrogen) atoms. The van der Waals surface area contributed by atoms with Crippen molar-refractivity contribution in [3.8, 4) is 16.3 Å². The van der Waals surface area contributed by atoms with E-state index >= 15 is 4.39 Å². The van der Waals surface area contributed by atoms with Gasteiger partial charge in [0.15, 0.2) is 5.13 Å². The highest BCUT2D eigenvalue weighted by atomic mass is 35.5. The van der Waals surface area contributed by atoms with Gasteiger partial charge in [0.05, 0.1) is 23.3 Å². The number of thiazole rings is 1. The topological polar surface area (TPSA) is 97.8 Å². The van der Waals surface area contributed by atoms with Gasteiger partial charge in [0.2, 0.25) is 5.06 Å². The number of carboxylic acids is 1. The fourth-order valence-corrected chi connectivity index (χ4v) is 5.32. The van der Waals surface area contributed by atoms with Crippen LogP contribution in [0.25, 0.3) is 17.3 Å². The molecule has 3 aromatic rings. The molecule has 0 spiro atoms. The molecule has 1 atom stereocenters. The average Bonchev–Trinajstić information content (AvgIpc) is 3.31. The van der Waals surface area contributed by atoms with Crippen LogP contribution >= 0.6 is 34.5 Å². The number of aliphatic carboxylic acids is 1. The molecule has 208 valence electrons. The zero-order chi connectivity index (χ0) is 28.7. The van der Waals surface area contributed by atoms with E-state index in [1.807, 2.05) is 0 Å². The summed E-state index contributed by atoms with van der Waals surface area (Å²) in [5.41, 5.74) is 1.37. The first-order valence-electron chi connectivity index (χ1n) is 12.2. The van der Waals surface area contributed by atoms with E-state index in [1.165, 1.54) is 32.2 Å². The van der Waals surface area contributed by atoms with Crippen LogP contribution in [0.5, 0.6) is 5.06 Å². The number of carbonyl (C=O) groups is 2. The first-order chi connectivity index (χ1) is 18.6. The number of rotatable bonds is 12. The maximum absolute atomic E-state index is 15.7. The predicted molar refractivity (Wildman–Crippen MR) is 154 cm³/mol. The average molecular weight is 596 g/mol. The summed E-state index contributed by atoms with van der Waals surface area (Å²) in [5, 5.41) is 12.5. The van der Waals surface area contributed by atoms with E-state index in [1.54, 1.807) is 25.3 Å². The second-order valence-electron chi connectivity index (χ2n) is 8.73. The molecule has 0 fully saturated rings. The molecule has 3 rings (SSSR count). The summed E-state index contributed by atoms with van der Waals surface area (Å²) in [7, 11) is 3.01. The van der Waals surface area contributed by atoms with Crippen molar-refractivity contribution in [3.05, 3.63) is 68.5 Å². The van der Waals surface area contributed by atoms with Gasteiger partial charge in [-0.25, -0.2) is 14.2 Å². The fraction of sp³-hybridized carbons (Fsp3) is 0.321. The molecule has 0 aliphatic rings. The van der Waals surface area contributed by atoms with Crippen LogP contribution < -0.4 is 10.1 Å². The first-order valence-corrected chi connectivity index (χ1v) is 13.8. The lowest BCUT2D eigenvalue weighted by Crippen LogP contribution is -2.12. The van der Waals surface area contributed by atoms with Crippen LogP contribution in [0.3, 0.4) is 0 Å². The van der Waals surface area contributed by atoms with Gasteiger partial charge in [-0.2, -0.15) is 0 Å². The summed E-state index contributed by atoms with van der Waals surface area (Å²) in [6.45, 7) is 3.51. The Hall–Kier alpha value is -2.98. The zero-order valence-electron chi connectivity index (χ0n) is 21.9. The summed E-state index contributed by atoms with van der Waals surface area (Å²) < 4.78 is 26.7. The Labute approximate surface area is 240 Å². The van der Waals surface area contributed by atoms with Gasteiger partial charge < -0.3 is 14.6 Å². The minimum absolute atomic E-state index is 0.0347. The van der Waals surface area contributed by atoms with Gasteiger partial charge in [-0.05, 0) is 37.6 Å². The molecular formula is C28H29Cl2FN2O5S. The van der Waals surface area contributed by atoms with Crippen LogP contribution in [0.1, 0.15) is 67.1 Å². The van der Waals surface area contributed by atoms with Crippen molar-refractivity contribution in [2.45, 2.75) is 45.6 Å². The number of carbonyl (C=O) groups excluding carboxylic acids is 1. The van der Waals surface area contributed by atoms with Gasteiger partial charge in [0.1, 0.15) is 11.5 Å². The van der Waals surface area contributed by atoms with Gasteiger partial charge in [0, 0.05) is 34.9 Å². The maximum Gasteiger partial charge on any atom is 0.331 e. The predicted octanol–water partition coefficient (Wildman–Crippen LogP) is 8.27. The standard InChI is InChI=1S/C28H29Cl2FN2O5S/c1-5-6-7-11-22(37-3)17-9-8-10-18(23(17)31)24-27(38-4)39-28(32-24)33-25(34)16-13-20(29)19(21(30)14-16)12-15(2)26(35)36/h8-10,12-14,22H,5-7,11H2,1-4H3,(H,35,36)(H,32,33,34)/b15-12+. The minimum Gasteiger partial charge on any atom is -0.486 e. The third-order valence-electron chi connectivity index (χ3n) is 6.03. The molecule has 0 aliphatic carbocycles. The monoisotopic (exact) mass is 594 g/mol. The number of carboxylic acid groups (broad SMARTS) is 1. The van der Waals surface area contributed by atoms with Gasteiger partial charge in [-0.15, -0.1) is 0 Å². The van der Waals surface area contributed by atoms with Crippen LogP contribution in [0.2, 0.25) is 10.0 Å². The normalized spacial score (nSPS) is 12.3. The summed E-state index contributed by atoms with van der Waals surface area (Å²) in [5.74, 6) is -2.13. The number of methoxy groups -OCH3 is 2. The summed E-state index contributed by atoms with van der Waals surface area (Å²) in [4.78, 5) is 28.6. The molecule has 7 nitrogen and oxygen atoms in total. The number of nitrogens with one attached hydrogen (secondary N) is 1. The van der Waals surface area contributed by atoms with Crippen molar-refractivity contribution in [3.63, 3.8) is 0 Å². The zero-order valence-corrected chi connectivity index (χ0v) is 24.3.